The van der Waals surface area contributed by atoms with E-state index >= 15 is 0 Å². The first-order valence-electron chi connectivity index (χ1n) is 8.54. The standard InChI is InChI=1S/C17H19ClN4O5S/c1-2-11(7-23)19-16(24)17(25)20-15-13-8-28(26,27)9-14(13)21-22(15)12-5-3-10(18)4-6-12/h3-6,11,23H,2,7-9H2,1H3,(H,19,24)(H,20,25)/t11-/m1/s1. The van der Waals surface area contributed by atoms with E-state index in [2.05, 4.69) is 15.7 Å². The van der Waals surface area contributed by atoms with Crippen molar-refractivity contribution in [2.24, 2.45) is 0 Å². The zero-order chi connectivity index (χ0) is 20.5. The largest absolute Gasteiger partial charge is 0.394 e. The molecule has 1 aliphatic heterocycles. The van der Waals surface area contributed by atoms with E-state index in [-0.39, 0.29) is 23.9 Å². The van der Waals surface area contributed by atoms with Gasteiger partial charge in [0.25, 0.3) is 0 Å². The molecule has 1 aromatic carbocycles. The second-order valence-electron chi connectivity index (χ2n) is 6.41. The predicted molar refractivity (Wildman–Crippen MR) is 103 cm³/mol. The number of halogens is 1. The van der Waals surface area contributed by atoms with Crippen molar-refractivity contribution < 1.29 is 23.1 Å². The summed E-state index contributed by atoms with van der Waals surface area (Å²) in [4.78, 5) is 24.5. The number of carbonyl (C=O) groups excluding carboxylic acids is 2. The van der Waals surface area contributed by atoms with Crippen molar-refractivity contribution in [1.82, 2.24) is 15.1 Å². The summed E-state index contributed by atoms with van der Waals surface area (Å²) in [6.45, 7) is 1.46. The van der Waals surface area contributed by atoms with Gasteiger partial charge < -0.3 is 15.7 Å². The van der Waals surface area contributed by atoms with Crippen LogP contribution in [0.1, 0.15) is 24.6 Å². The highest BCUT2D eigenvalue weighted by molar-refractivity contribution is 7.90. The summed E-state index contributed by atoms with van der Waals surface area (Å²) in [5.41, 5.74) is 1.23. The molecule has 0 aliphatic carbocycles. The van der Waals surface area contributed by atoms with E-state index < -0.39 is 27.7 Å². The van der Waals surface area contributed by atoms with E-state index in [1.165, 1.54) is 4.68 Å². The summed E-state index contributed by atoms with van der Waals surface area (Å²) >= 11 is 5.90. The van der Waals surface area contributed by atoms with Crippen molar-refractivity contribution in [3.05, 3.63) is 40.5 Å². The lowest BCUT2D eigenvalue weighted by Gasteiger charge is -2.15. The van der Waals surface area contributed by atoms with Gasteiger partial charge in [-0.3, -0.25) is 9.59 Å². The number of amides is 2. The van der Waals surface area contributed by atoms with E-state index in [0.717, 1.165) is 0 Å². The third-order valence-electron chi connectivity index (χ3n) is 4.35. The van der Waals surface area contributed by atoms with Crippen LogP contribution in [0.3, 0.4) is 0 Å². The monoisotopic (exact) mass is 426 g/mol. The molecule has 9 nitrogen and oxygen atoms in total. The van der Waals surface area contributed by atoms with Crippen LogP contribution in [0.4, 0.5) is 5.82 Å². The number of benzene rings is 1. The van der Waals surface area contributed by atoms with Crippen LogP contribution in [0.5, 0.6) is 0 Å². The minimum Gasteiger partial charge on any atom is -0.394 e. The summed E-state index contributed by atoms with van der Waals surface area (Å²) < 4.78 is 25.3. The van der Waals surface area contributed by atoms with Gasteiger partial charge in [-0.2, -0.15) is 5.10 Å². The van der Waals surface area contributed by atoms with Crippen LogP contribution in [0, 0.1) is 0 Å². The average molecular weight is 427 g/mol. The molecule has 0 saturated carbocycles. The molecule has 0 unspecified atom stereocenters. The molecule has 0 radical (unpaired) electrons. The third kappa shape index (κ3) is 4.18. The van der Waals surface area contributed by atoms with Gasteiger partial charge in [0.2, 0.25) is 0 Å². The molecule has 0 fully saturated rings. The first-order valence-corrected chi connectivity index (χ1v) is 10.7. The highest BCUT2D eigenvalue weighted by atomic mass is 35.5. The Hall–Kier alpha value is -2.43. The average Bonchev–Trinajstić information content (AvgIpc) is 3.12. The lowest BCUT2D eigenvalue weighted by Crippen LogP contribution is -2.43. The molecule has 1 aliphatic rings. The molecule has 0 saturated heterocycles. The Morgan fingerprint density at radius 1 is 1.25 bits per heavy atom. The summed E-state index contributed by atoms with van der Waals surface area (Å²) in [6.07, 6.45) is 0.450. The molecule has 2 amide bonds. The van der Waals surface area contributed by atoms with Gasteiger partial charge in [-0.05, 0) is 30.7 Å². The molecular weight excluding hydrogens is 408 g/mol. The Labute approximate surface area is 166 Å². The van der Waals surface area contributed by atoms with Crippen LogP contribution in [0.2, 0.25) is 5.02 Å². The van der Waals surface area contributed by atoms with Gasteiger partial charge in [-0.1, -0.05) is 18.5 Å². The van der Waals surface area contributed by atoms with Crippen molar-refractivity contribution >= 4 is 39.1 Å². The van der Waals surface area contributed by atoms with Gasteiger partial charge in [0.05, 0.1) is 35.5 Å². The topological polar surface area (TPSA) is 130 Å². The summed E-state index contributed by atoms with van der Waals surface area (Å²) in [5.74, 6) is -2.30. The van der Waals surface area contributed by atoms with Gasteiger partial charge >= 0.3 is 11.8 Å². The molecule has 28 heavy (non-hydrogen) atoms. The molecule has 150 valence electrons. The predicted octanol–water partition coefficient (Wildman–Crippen LogP) is 0.780. The number of nitrogens with one attached hydrogen (secondary N) is 2. The quantitative estimate of drug-likeness (QED) is 0.605. The lowest BCUT2D eigenvalue weighted by atomic mass is 10.2. The number of aliphatic hydroxyl groups is 1. The number of aromatic nitrogens is 2. The fraction of sp³-hybridized carbons (Fsp3) is 0.353. The number of rotatable bonds is 5. The first-order chi connectivity index (χ1) is 13.2. The van der Waals surface area contributed by atoms with Crippen LogP contribution >= 0.6 is 11.6 Å². The number of fused-ring (bicyclic) bond motifs is 1. The lowest BCUT2D eigenvalue weighted by molar-refractivity contribution is -0.136. The van der Waals surface area contributed by atoms with Crippen LogP contribution in [-0.4, -0.2) is 47.8 Å². The van der Waals surface area contributed by atoms with Gasteiger partial charge in [-0.25, -0.2) is 13.1 Å². The van der Waals surface area contributed by atoms with E-state index in [1.807, 2.05) is 0 Å². The zero-order valence-electron chi connectivity index (χ0n) is 15.0. The number of anilines is 1. The zero-order valence-corrected chi connectivity index (χ0v) is 16.5. The molecule has 2 aromatic rings. The minimum atomic E-state index is -3.36. The fourth-order valence-electron chi connectivity index (χ4n) is 2.83. The maximum absolute atomic E-state index is 12.4. The minimum absolute atomic E-state index is 0.121. The van der Waals surface area contributed by atoms with E-state index in [4.69, 9.17) is 11.6 Å². The number of aliphatic hydroxyl groups excluding tert-OH is 1. The maximum Gasteiger partial charge on any atom is 0.314 e. The molecule has 1 atom stereocenters. The highest BCUT2D eigenvalue weighted by Crippen LogP contribution is 2.33. The molecule has 3 rings (SSSR count). The SMILES string of the molecule is CC[C@H](CO)NC(=O)C(=O)Nc1c2c(nn1-c1ccc(Cl)cc1)CS(=O)(=O)C2. The van der Waals surface area contributed by atoms with Crippen LogP contribution in [0.25, 0.3) is 5.69 Å². The first kappa shape index (κ1) is 20.3. The molecule has 0 bridgehead atoms. The number of carbonyl (C=O) groups is 2. The Morgan fingerprint density at radius 3 is 2.54 bits per heavy atom. The molecule has 1 aromatic heterocycles. The summed E-state index contributed by atoms with van der Waals surface area (Å²) in [6, 6.07) is 6.03. The normalized spacial score (nSPS) is 15.7. The number of nitrogens with zero attached hydrogens (tertiary/aromatic N) is 2. The molecular formula is C17H19ClN4O5S. The van der Waals surface area contributed by atoms with Crippen LogP contribution in [-0.2, 0) is 30.9 Å². The molecule has 2 heterocycles. The number of hydrogen-bond acceptors (Lipinski definition) is 6. The van der Waals surface area contributed by atoms with Gasteiger partial charge in [-0.15, -0.1) is 0 Å². The van der Waals surface area contributed by atoms with Crippen molar-refractivity contribution in [2.45, 2.75) is 30.9 Å². The van der Waals surface area contributed by atoms with Gasteiger partial charge in [0.15, 0.2) is 9.84 Å². The van der Waals surface area contributed by atoms with E-state index in [0.29, 0.717) is 28.4 Å². The van der Waals surface area contributed by atoms with E-state index in [9.17, 15) is 23.1 Å². The number of hydrogen-bond donors (Lipinski definition) is 3. The van der Waals surface area contributed by atoms with Crippen molar-refractivity contribution in [2.75, 3.05) is 11.9 Å². The van der Waals surface area contributed by atoms with Gasteiger partial charge in [0, 0.05) is 10.6 Å². The third-order valence-corrected chi connectivity index (χ3v) is 6.04. The van der Waals surface area contributed by atoms with E-state index in [1.54, 1.807) is 31.2 Å². The van der Waals surface area contributed by atoms with Crippen LogP contribution < -0.4 is 10.6 Å². The smallest absolute Gasteiger partial charge is 0.314 e. The molecule has 11 heteroatoms. The highest BCUT2D eigenvalue weighted by Gasteiger charge is 2.34. The Morgan fingerprint density at radius 2 is 1.93 bits per heavy atom. The van der Waals surface area contributed by atoms with Crippen LogP contribution in [0.15, 0.2) is 24.3 Å². The molecule has 3 N–H and O–H groups in total. The Kier molecular flexibility index (Phi) is 5.73. The summed E-state index contributed by atoms with van der Waals surface area (Å²) in [5, 5.41) is 18.9. The van der Waals surface area contributed by atoms with Crippen molar-refractivity contribution in [1.29, 1.82) is 0 Å². The Balaban J connectivity index is 1.94. The maximum atomic E-state index is 12.4. The second-order valence-corrected chi connectivity index (χ2v) is 8.91. The van der Waals surface area contributed by atoms with Crippen molar-refractivity contribution in [3.63, 3.8) is 0 Å². The molecule has 0 spiro atoms. The second kappa shape index (κ2) is 7.90. The van der Waals surface area contributed by atoms with Crippen molar-refractivity contribution in [3.8, 4) is 5.69 Å². The summed E-state index contributed by atoms with van der Waals surface area (Å²) in [7, 11) is -3.36. The Bertz CT molecular complexity index is 1010. The van der Waals surface area contributed by atoms with Gasteiger partial charge in [0.1, 0.15) is 5.82 Å². The number of sulfone groups is 1. The fourth-order valence-corrected chi connectivity index (χ4v) is 4.45.